The Morgan fingerprint density at radius 1 is 1.90 bits per heavy atom. The van der Waals surface area contributed by atoms with Gasteiger partial charge in [0.15, 0.2) is 0 Å². The maximum atomic E-state index is 12.1. The van der Waals surface area contributed by atoms with Gasteiger partial charge in [0.25, 0.3) is 0 Å². The molecule has 0 saturated heterocycles. The molecule has 0 N–H and O–H groups in total. The zero-order chi connectivity index (χ0) is 7.56. The van der Waals surface area contributed by atoms with E-state index in [-0.39, 0.29) is 0 Å². The number of rotatable bonds is 0. The van der Waals surface area contributed by atoms with Gasteiger partial charge in [0, 0.05) is 0 Å². The van der Waals surface area contributed by atoms with E-state index in [0.29, 0.717) is 0 Å². The molecule has 0 radical (unpaired) electrons. The molecule has 5 heteroatoms. The summed E-state index contributed by atoms with van der Waals surface area (Å²) >= 11 is 0. The molecule has 0 aromatic carbocycles. The number of imidazole rings is 1. The van der Waals surface area contributed by atoms with Crippen molar-refractivity contribution in [2.75, 3.05) is 7.11 Å². The lowest BCUT2D eigenvalue weighted by Crippen LogP contribution is -2.08. The highest BCUT2D eigenvalue weighted by Gasteiger charge is 2.03. The van der Waals surface area contributed by atoms with Crippen molar-refractivity contribution in [3.8, 4) is 0 Å². The summed E-state index contributed by atoms with van der Waals surface area (Å²) in [5.74, 6) is -0.703. The second-order valence-corrected chi connectivity index (χ2v) is 1.57. The van der Waals surface area contributed by atoms with E-state index in [9.17, 15) is 9.18 Å². The van der Waals surface area contributed by atoms with Crippen molar-refractivity contribution in [3.05, 3.63) is 18.5 Å². The van der Waals surface area contributed by atoms with E-state index >= 15 is 0 Å². The normalized spacial score (nSPS) is 9.40. The number of ether oxygens (including phenoxy) is 1. The van der Waals surface area contributed by atoms with Crippen LogP contribution in [0.1, 0.15) is 0 Å². The average Bonchev–Trinajstić information content (AvgIpc) is 2.34. The van der Waals surface area contributed by atoms with Crippen LogP contribution in [0.4, 0.5) is 9.18 Å². The molecule has 1 rings (SSSR count). The van der Waals surface area contributed by atoms with Gasteiger partial charge in [-0.1, -0.05) is 0 Å². The molecular formula is C5H5FN2O2. The predicted molar refractivity (Wildman–Crippen MR) is 30.0 cm³/mol. The molecule has 0 aliphatic carbocycles. The van der Waals surface area contributed by atoms with Crippen LogP contribution < -0.4 is 0 Å². The SMILES string of the molecule is COC(=O)n1cnc(F)c1. The van der Waals surface area contributed by atoms with Crippen LogP contribution in [0.2, 0.25) is 0 Å². The molecule has 0 aliphatic rings. The fourth-order valence-corrected chi connectivity index (χ4v) is 0.504. The van der Waals surface area contributed by atoms with E-state index in [4.69, 9.17) is 0 Å². The summed E-state index contributed by atoms with van der Waals surface area (Å²) in [6, 6.07) is 0. The minimum absolute atomic E-state index is 0.656. The van der Waals surface area contributed by atoms with Crippen LogP contribution in [0.25, 0.3) is 0 Å². The van der Waals surface area contributed by atoms with Crippen molar-refractivity contribution >= 4 is 6.09 Å². The smallest absolute Gasteiger partial charge is 0.419 e. The fraction of sp³-hybridized carbons (Fsp3) is 0.200. The van der Waals surface area contributed by atoms with E-state index in [1.807, 2.05) is 0 Å². The number of hydrogen-bond donors (Lipinski definition) is 0. The third kappa shape index (κ3) is 1.12. The third-order valence-corrected chi connectivity index (χ3v) is 0.937. The number of methoxy groups -OCH3 is 1. The largest absolute Gasteiger partial charge is 0.452 e. The number of hydrogen-bond acceptors (Lipinski definition) is 3. The molecule has 54 valence electrons. The van der Waals surface area contributed by atoms with Gasteiger partial charge in [-0.25, -0.2) is 14.3 Å². The lowest BCUT2D eigenvalue weighted by Gasteiger charge is -1.94. The van der Waals surface area contributed by atoms with Crippen LogP contribution in [0, 0.1) is 5.95 Å². The van der Waals surface area contributed by atoms with Gasteiger partial charge in [0.1, 0.15) is 6.33 Å². The van der Waals surface area contributed by atoms with Crippen LogP contribution in [0.5, 0.6) is 0 Å². The second kappa shape index (κ2) is 2.47. The first-order valence-corrected chi connectivity index (χ1v) is 2.52. The lowest BCUT2D eigenvalue weighted by molar-refractivity contribution is 0.172. The average molecular weight is 144 g/mol. The summed E-state index contributed by atoms with van der Waals surface area (Å²) in [6.07, 6.45) is 1.32. The zero-order valence-electron chi connectivity index (χ0n) is 5.24. The first-order valence-electron chi connectivity index (χ1n) is 2.52. The van der Waals surface area contributed by atoms with Crippen LogP contribution in [0.15, 0.2) is 12.5 Å². The summed E-state index contributed by atoms with van der Waals surface area (Å²) in [7, 11) is 1.21. The Labute approximate surface area is 56.2 Å². The first kappa shape index (κ1) is 6.73. The van der Waals surface area contributed by atoms with Crippen molar-refractivity contribution in [1.29, 1.82) is 0 Å². The summed E-state index contributed by atoms with van der Waals surface area (Å²) < 4.78 is 17.3. The Kier molecular flexibility index (Phi) is 1.66. The predicted octanol–water partition coefficient (Wildman–Crippen LogP) is 0.637. The Hall–Kier alpha value is -1.39. The summed E-state index contributed by atoms with van der Waals surface area (Å²) in [6.45, 7) is 0. The molecule has 10 heavy (non-hydrogen) atoms. The number of aromatic nitrogens is 2. The maximum Gasteiger partial charge on any atom is 0.419 e. The molecular weight excluding hydrogens is 139 g/mol. The molecule has 0 unspecified atom stereocenters. The number of halogens is 1. The highest BCUT2D eigenvalue weighted by atomic mass is 19.1. The topological polar surface area (TPSA) is 44.1 Å². The zero-order valence-corrected chi connectivity index (χ0v) is 5.24. The molecule has 4 nitrogen and oxygen atoms in total. The molecule has 1 heterocycles. The van der Waals surface area contributed by atoms with Crippen LogP contribution in [-0.2, 0) is 4.74 Å². The minimum Gasteiger partial charge on any atom is -0.452 e. The van der Waals surface area contributed by atoms with E-state index in [1.165, 1.54) is 7.11 Å². The van der Waals surface area contributed by atoms with Crippen molar-refractivity contribution < 1.29 is 13.9 Å². The molecule has 1 aromatic rings. The Balaban J connectivity index is 2.85. The van der Waals surface area contributed by atoms with Crippen molar-refractivity contribution in [2.45, 2.75) is 0 Å². The summed E-state index contributed by atoms with van der Waals surface area (Å²) in [5.41, 5.74) is 0. The van der Waals surface area contributed by atoms with Gasteiger partial charge in [-0.3, -0.25) is 0 Å². The van der Waals surface area contributed by atoms with Crippen molar-refractivity contribution in [2.24, 2.45) is 0 Å². The van der Waals surface area contributed by atoms with Gasteiger partial charge >= 0.3 is 6.09 Å². The number of carbonyl (C=O) groups excluding carboxylic acids is 1. The first-order chi connectivity index (χ1) is 4.74. The highest BCUT2D eigenvalue weighted by molar-refractivity contribution is 5.69. The molecule has 0 spiro atoms. The summed E-state index contributed by atoms with van der Waals surface area (Å²) in [4.78, 5) is 13.7. The second-order valence-electron chi connectivity index (χ2n) is 1.57. The number of nitrogens with zero attached hydrogens (tertiary/aromatic N) is 2. The molecule has 0 fully saturated rings. The monoisotopic (exact) mass is 144 g/mol. The van der Waals surface area contributed by atoms with Crippen LogP contribution in [0.3, 0.4) is 0 Å². The Morgan fingerprint density at radius 2 is 2.60 bits per heavy atom. The van der Waals surface area contributed by atoms with E-state index in [0.717, 1.165) is 17.1 Å². The maximum absolute atomic E-state index is 12.1. The van der Waals surface area contributed by atoms with Gasteiger partial charge in [0.2, 0.25) is 5.95 Å². The quantitative estimate of drug-likeness (QED) is 0.536. The molecule has 1 aromatic heterocycles. The van der Waals surface area contributed by atoms with Crippen molar-refractivity contribution in [3.63, 3.8) is 0 Å². The van der Waals surface area contributed by atoms with Gasteiger partial charge in [-0.2, -0.15) is 4.39 Å². The van der Waals surface area contributed by atoms with Gasteiger partial charge in [0.05, 0.1) is 13.3 Å². The lowest BCUT2D eigenvalue weighted by atomic mass is 10.8. The number of carbonyl (C=O) groups is 1. The standard InChI is InChI=1S/C5H5FN2O2/c1-10-5(9)8-2-4(6)7-3-8/h2-3H,1H3. The van der Waals surface area contributed by atoms with Crippen LogP contribution in [-0.4, -0.2) is 22.8 Å². The molecule has 0 bridgehead atoms. The van der Waals surface area contributed by atoms with E-state index < -0.39 is 12.0 Å². The molecule has 0 amide bonds. The summed E-state index contributed by atoms with van der Waals surface area (Å²) in [5, 5.41) is 0. The van der Waals surface area contributed by atoms with Crippen LogP contribution >= 0.6 is 0 Å². The van der Waals surface area contributed by atoms with Gasteiger partial charge in [-0.05, 0) is 0 Å². The molecule has 0 aliphatic heterocycles. The van der Waals surface area contributed by atoms with E-state index in [1.54, 1.807) is 0 Å². The van der Waals surface area contributed by atoms with Gasteiger partial charge < -0.3 is 4.74 Å². The fourth-order valence-electron chi connectivity index (χ4n) is 0.504. The van der Waals surface area contributed by atoms with Gasteiger partial charge in [-0.15, -0.1) is 0 Å². The Morgan fingerprint density at radius 3 is 3.00 bits per heavy atom. The Bertz CT molecular complexity index is 246. The highest BCUT2D eigenvalue weighted by Crippen LogP contribution is 1.93. The van der Waals surface area contributed by atoms with Crippen molar-refractivity contribution in [1.82, 2.24) is 9.55 Å². The third-order valence-electron chi connectivity index (χ3n) is 0.937. The van der Waals surface area contributed by atoms with E-state index in [2.05, 4.69) is 9.72 Å². The molecule has 0 saturated carbocycles. The minimum atomic E-state index is -0.703. The molecule has 0 atom stereocenters.